The molecule has 3 rings (SSSR count). The third kappa shape index (κ3) is 3.60. The Kier molecular flexibility index (Phi) is 4.74. The van der Waals surface area contributed by atoms with Gasteiger partial charge in [0, 0.05) is 24.7 Å². The maximum absolute atomic E-state index is 12.4. The first kappa shape index (κ1) is 15.7. The zero-order valence-corrected chi connectivity index (χ0v) is 13.2. The standard InChI is InChI=1S/C19H22N3O/c20-11-9-14-1-3-15(4-2-14)16-5-7-17(8-6-16)19(23)22-12-10-18(21)13-22/h1-7,18H,9-13,20-21H2/t18-/m0/s1. The molecule has 4 heteroatoms. The maximum atomic E-state index is 12.4. The highest BCUT2D eigenvalue weighted by molar-refractivity contribution is 5.94. The Hall–Kier alpha value is -2.17. The first-order valence-corrected chi connectivity index (χ1v) is 8.03. The number of nitrogens with two attached hydrogens (primary N) is 2. The zero-order valence-electron chi connectivity index (χ0n) is 13.2. The summed E-state index contributed by atoms with van der Waals surface area (Å²) in [6, 6.07) is 17.2. The van der Waals surface area contributed by atoms with E-state index in [1.54, 1.807) is 4.90 Å². The molecule has 1 aliphatic rings. The molecule has 1 atom stereocenters. The van der Waals surface area contributed by atoms with Crippen molar-refractivity contribution >= 4 is 5.91 Å². The van der Waals surface area contributed by atoms with Crippen LogP contribution in [-0.4, -0.2) is 36.5 Å². The molecule has 2 aromatic rings. The van der Waals surface area contributed by atoms with Crippen LogP contribution < -0.4 is 11.5 Å². The van der Waals surface area contributed by atoms with Gasteiger partial charge in [-0.25, -0.2) is 0 Å². The Bertz CT molecular complexity index is 664. The summed E-state index contributed by atoms with van der Waals surface area (Å²) >= 11 is 0. The number of amides is 1. The predicted octanol–water partition coefficient (Wildman–Crippen LogP) is 1.83. The van der Waals surface area contributed by atoms with Crippen LogP contribution in [0.1, 0.15) is 22.3 Å². The third-order valence-corrected chi connectivity index (χ3v) is 4.28. The number of benzene rings is 2. The Labute approximate surface area is 137 Å². The van der Waals surface area contributed by atoms with Crippen molar-refractivity contribution in [1.29, 1.82) is 0 Å². The molecule has 1 heterocycles. The van der Waals surface area contributed by atoms with Gasteiger partial charge in [0.2, 0.25) is 0 Å². The fraction of sp³-hybridized carbons (Fsp3) is 0.316. The minimum atomic E-state index is 0.0165. The largest absolute Gasteiger partial charge is 0.337 e. The highest BCUT2D eigenvalue weighted by Crippen LogP contribution is 2.21. The molecule has 4 nitrogen and oxygen atoms in total. The average molecular weight is 308 g/mol. The van der Waals surface area contributed by atoms with Gasteiger partial charge < -0.3 is 16.4 Å². The number of carbonyl (C=O) groups excluding carboxylic acids is 1. The van der Waals surface area contributed by atoms with Gasteiger partial charge in [-0.15, -0.1) is 0 Å². The number of carbonyl (C=O) groups is 1. The van der Waals surface area contributed by atoms with Crippen molar-refractivity contribution in [3.63, 3.8) is 0 Å². The second-order valence-corrected chi connectivity index (χ2v) is 6.03. The smallest absolute Gasteiger partial charge is 0.254 e. The van der Waals surface area contributed by atoms with E-state index in [0.717, 1.165) is 30.5 Å². The van der Waals surface area contributed by atoms with Gasteiger partial charge in [-0.2, -0.15) is 0 Å². The van der Waals surface area contributed by atoms with Crippen molar-refractivity contribution in [2.24, 2.45) is 11.5 Å². The molecule has 0 saturated carbocycles. The van der Waals surface area contributed by atoms with Crippen LogP contribution >= 0.6 is 0 Å². The van der Waals surface area contributed by atoms with E-state index in [9.17, 15) is 4.79 Å². The van der Waals surface area contributed by atoms with E-state index in [4.69, 9.17) is 11.5 Å². The van der Waals surface area contributed by atoms with Gasteiger partial charge in [0.15, 0.2) is 0 Å². The summed E-state index contributed by atoms with van der Waals surface area (Å²) in [5.74, 6) is 0.0165. The second kappa shape index (κ2) is 6.94. The molecule has 23 heavy (non-hydrogen) atoms. The summed E-state index contributed by atoms with van der Waals surface area (Å²) in [4.78, 5) is 14.2. The van der Waals surface area contributed by atoms with Crippen molar-refractivity contribution < 1.29 is 4.79 Å². The lowest BCUT2D eigenvalue weighted by molar-refractivity contribution is 0.0790. The van der Waals surface area contributed by atoms with Crippen LogP contribution in [0.15, 0.2) is 42.5 Å². The van der Waals surface area contributed by atoms with E-state index in [1.807, 2.05) is 18.2 Å². The van der Waals surface area contributed by atoms with E-state index < -0.39 is 0 Å². The molecule has 0 aromatic heterocycles. The second-order valence-electron chi connectivity index (χ2n) is 6.03. The van der Waals surface area contributed by atoms with Crippen LogP contribution in [-0.2, 0) is 6.42 Å². The van der Waals surface area contributed by atoms with Gasteiger partial charge in [-0.05, 0) is 54.3 Å². The molecule has 1 fully saturated rings. The van der Waals surface area contributed by atoms with Gasteiger partial charge >= 0.3 is 0 Å². The van der Waals surface area contributed by atoms with Crippen LogP contribution in [0.4, 0.5) is 0 Å². The van der Waals surface area contributed by atoms with Crippen molar-refractivity contribution in [1.82, 2.24) is 4.90 Å². The lowest BCUT2D eigenvalue weighted by Gasteiger charge is -2.15. The zero-order chi connectivity index (χ0) is 16.2. The third-order valence-electron chi connectivity index (χ3n) is 4.28. The van der Waals surface area contributed by atoms with Crippen LogP contribution in [0.2, 0.25) is 0 Å². The molecule has 1 amide bonds. The van der Waals surface area contributed by atoms with E-state index in [1.165, 1.54) is 5.56 Å². The van der Waals surface area contributed by atoms with Crippen molar-refractivity contribution in [3.05, 3.63) is 59.7 Å². The fourth-order valence-electron chi connectivity index (χ4n) is 2.91. The SMILES string of the molecule is NCCc1ccc(-c2c[c]c(C(=O)N3CC[C@H](N)C3)cc2)cc1. The van der Waals surface area contributed by atoms with E-state index in [0.29, 0.717) is 18.7 Å². The minimum Gasteiger partial charge on any atom is -0.337 e. The lowest BCUT2D eigenvalue weighted by Crippen LogP contribution is -2.31. The molecular formula is C19H22N3O. The minimum absolute atomic E-state index is 0.0165. The average Bonchev–Trinajstić information content (AvgIpc) is 3.02. The van der Waals surface area contributed by atoms with Crippen molar-refractivity contribution in [3.8, 4) is 11.1 Å². The van der Waals surface area contributed by atoms with Crippen LogP contribution in [0.5, 0.6) is 0 Å². The van der Waals surface area contributed by atoms with Gasteiger partial charge in [0.1, 0.15) is 0 Å². The topological polar surface area (TPSA) is 72.4 Å². The lowest BCUT2D eigenvalue weighted by atomic mass is 10.0. The fourth-order valence-corrected chi connectivity index (χ4v) is 2.91. The van der Waals surface area contributed by atoms with E-state index >= 15 is 0 Å². The monoisotopic (exact) mass is 308 g/mol. The highest BCUT2D eigenvalue weighted by Gasteiger charge is 2.24. The molecule has 0 spiro atoms. The van der Waals surface area contributed by atoms with E-state index in [-0.39, 0.29) is 11.9 Å². The number of likely N-dealkylation sites (tertiary alicyclic amines) is 1. The summed E-state index contributed by atoms with van der Waals surface area (Å²) in [5, 5.41) is 0. The Balaban J connectivity index is 1.72. The number of hydrogen-bond donors (Lipinski definition) is 2. The molecule has 1 aliphatic heterocycles. The molecular weight excluding hydrogens is 286 g/mol. The summed E-state index contributed by atoms with van der Waals surface area (Å²) in [6.07, 6.45) is 1.76. The molecule has 0 aliphatic carbocycles. The van der Waals surface area contributed by atoms with Crippen molar-refractivity contribution in [2.75, 3.05) is 19.6 Å². The van der Waals surface area contributed by atoms with Gasteiger partial charge in [-0.3, -0.25) is 4.79 Å². The van der Waals surface area contributed by atoms with Gasteiger partial charge in [-0.1, -0.05) is 30.3 Å². The summed E-state index contributed by atoms with van der Waals surface area (Å²) in [6.45, 7) is 2.03. The van der Waals surface area contributed by atoms with Gasteiger partial charge in [0.25, 0.3) is 5.91 Å². The molecule has 119 valence electrons. The Morgan fingerprint density at radius 3 is 2.48 bits per heavy atom. The first-order chi connectivity index (χ1) is 11.2. The Morgan fingerprint density at radius 1 is 1.17 bits per heavy atom. The maximum Gasteiger partial charge on any atom is 0.254 e. The molecule has 2 aromatic carbocycles. The highest BCUT2D eigenvalue weighted by atomic mass is 16.2. The Morgan fingerprint density at radius 2 is 1.91 bits per heavy atom. The van der Waals surface area contributed by atoms with Gasteiger partial charge in [0.05, 0.1) is 0 Å². The summed E-state index contributed by atoms with van der Waals surface area (Å²) in [5.41, 5.74) is 15.4. The molecule has 4 N–H and O–H groups in total. The normalized spacial score (nSPS) is 17.5. The molecule has 0 unspecified atom stereocenters. The van der Waals surface area contributed by atoms with Crippen LogP contribution in [0, 0.1) is 6.07 Å². The number of hydrogen-bond acceptors (Lipinski definition) is 3. The van der Waals surface area contributed by atoms with E-state index in [2.05, 4.69) is 30.3 Å². The summed E-state index contributed by atoms with van der Waals surface area (Å²) in [7, 11) is 0. The molecule has 0 bridgehead atoms. The first-order valence-electron chi connectivity index (χ1n) is 8.03. The number of nitrogens with zero attached hydrogens (tertiary/aromatic N) is 1. The van der Waals surface area contributed by atoms with Crippen LogP contribution in [0.3, 0.4) is 0 Å². The summed E-state index contributed by atoms with van der Waals surface area (Å²) < 4.78 is 0. The van der Waals surface area contributed by atoms with Crippen LogP contribution in [0.25, 0.3) is 11.1 Å². The predicted molar refractivity (Wildman–Crippen MR) is 92.0 cm³/mol. The molecule has 1 saturated heterocycles. The molecule has 1 radical (unpaired) electrons. The van der Waals surface area contributed by atoms with Crippen molar-refractivity contribution in [2.45, 2.75) is 18.9 Å². The number of rotatable bonds is 4. The quantitative estimate of drug-likeness (QED) is 0.905.